The fraction of sp³-hybridized carbons (Fsp3) is 0.750. The first kappa shape index (κ1) is 20.7. The summed E-state index contributed by atoms with van der Waals surface area (Å²) in [6, 6.07) is 4.24. The van der Waals surface area contributed by atoms with Gasteiger partial charge in [0, 0.05) is 31.1 Å². The van der Waals surface area contributed by atoms with Gasteiger partial charge in [0.1, 0.15) is 5.15 Å². The van der Waals surface area contributed by atoms with Gasteiger partial charge in [-0.2, -0.15) is 0 Å². The second kappa shape index (κ2) is 8.40. The lowest BCUT2D eigenvalue weighted by Crippen LogP contribution is -2.54. The van der Waals surface area contributed by atoms with Crippen LogP contribution in [0.1, 0.15) is 81.6 Å². The minimum Gasteiger partial charge on any atom is -0.387 e. The number of aliphatic hydroxyl groups is 1. The lowest BCUT2D eigenvalue weighted by Gasteiger charge is -2.46. The van der Waals surface area contributed by atoms with Crippen molar-refractivity contribution in [2.24, 2.45) is 11.8 Å². The van der Waals surface area contributed by atoms with Crippen molar-refractivity contribution in [3.8, 4) is 0 Å². The van der Waals surface area contributed by atoms with Crippen molar-refractivity contribution in [3.63, 3.8) is 0 Å². The van der Waals surface area contributed by atoms with Gasteiger partial charge in [-0.25, -0.2) is 4.98 Å². The van der Waals surface area contributed by atoms with E-state index in [0.717, 1.165) is 37.9 Å². The molecule has 4 atom stereocenters. The number of likely N-dealkylation sites (tertiary alicyclic amines) is 1. The number of piperidine rings is 1. The van der Waals surface area contributed by atoms with Gasteiger partial charge in [0.15, 0.2) is 0 Å². The number of carbonyl (C=O) groups excluding carboxylic acids is 1. The highest BCUT2D eigenvalue weighted by atomic mass is 35.5. The third-order valence-electron chi connectivity index (χ3n) is 8.39. The van der Waals surface area contributed by atoms with E-state index in [1.165, 1.54) is 38.5 Å². The Bertz CT molecular complexity index is 797. The Kier molecular flexibility index (Phi) is 5.80. The number of hydrogen-bond acceptors (Lipinski definition) is 4. The van der Waals surface area contributed by atoms with Gasteiger partial charge in [-0.1, -0.05) is 36.9 Å². The summed E-state index contributed by atoms with van der Waals surface area (Å²) in [6.45, 7) is 2.39. The number of pyridine rings is 1. The largest absolute Gasteiger partial charge is 0.387 e. The maximum absolute atomic E-state index is 14.1. The summed E-state index contributed by atoms with van der Waals surface area (Å²) in [5, 5.41) is 14.5. The predicted octanol–water partition coefficient (Wildman–Crippen LogP) is 3.98. The molecule has 2 aliphatic carbocycles. The highest BCUT2D eigenvalue weighted by Crippen LogP contribution is 2.49. The second-order valence-electron chi connectivity index (χ2n) is 9.95. The van der Waals surface area contributed by atoms with Gasteiger partial charge in [-0.15, -0.1) is 0 Å². The summed E-state index contributed by atoms with van der Waals surface area (Å²) >= 11 is 6.15. The van der Waals surface area contributed by atoms with Gasteiger partial charge in [-0.3, -0.25) is 4.79 Å². The van der Waals surface area contributed by atoms with Gasteiger partial charge in [0.25, 0.3) is 0 Å². The lowest BCUT2D eigenvalue weighted by molar-refractivity contribution is -0.142. The fourth-order valence-electron chi connectivity index (χ4n) is 6.86. The Morgan fingerprint density at radius 1 is 1.13 bits per heavy atom. The van der Waals surface area contributed by atoms with E-state index in [4.69, 9.17) is 11.6 Å². The normalized spacial score (nSPS) is 34.9. The van der Waals surface area contributed by atoms with Crippen molar-refractivity contribution < 1.29 is 9.90 Å². The number of fused-ring (bicyclic) bond motifs is 2. The molecule has 30 heavy (non-hydrogen) atoms. The topological polar surface area (TPSA) is 65.5 Å². The first-order chi connectivity index (χ1) is 14.6. The molecule has 1 aromatic heterocycles. The molecule has 2 saturated heterocycles. The van der Waals surface area contributed by atoms with Crippen LogP contribution >= 0.6 is 11.6 Å². The van der Waals surface area contributed by atoms with E-state index >= 15 is 0 Å². The van der Waals surface area contributed by atoms with Crippen molar-refractivity contribution in [2.45, 2.75) is 81.8 Å². The molecule has 4 aliphatic rings. The fourth-order valence-corrected chi connectivity index (χ4v) is 7.01. The third kappa shape index (κ3) is 3.47. The molecule has 1 aromatic rings. The molecule has 3 fully saturated rings. The number of aromatic nitrogens is 1. The van der Waals surface area contributed by atoms with Gasteiger partial charge < -0.3 is 15.3 Å². The first-order valence-corrected chi connectivity index (χ1v) is 12.3. The van der Waals surface area contributed by atoms with Gasteiger partial charge in [0.05, 0.1) is 17.7 Å². The molecule has 164 valence electrons. The van der Waals surface area contributed by atoms with Crippen LogP contribution in [0.3, 0.4) is 0 Å². The quantitative estimate of drug-likeness (QED) is 0.695. The number of nitrogens with zero attached hydrogens (tertiary/aromatic N) is 2. The van der Waals surface area contributed by atoms with Crippen molar-refractivity contribution in [1.82, 2.24) is 15.2 Å². The number of carbonyl (C=O) groups is 1. The molecule has 2 aliphatic heterocycles. The molecule has 1 amide bonds. The Morgan fingerprint density at radius 3 is 2.77 bits per heavy atom. The molecular weight excluding hydrogens is 398 g/mol. The van der Waals surface area contributed by atoms with Crippen LogP contribution in [0.15, 0.2) is 12.1 Å². The minimum atomic E-state index is -0.592. The number of aliphatic hydroxyl groups excluding tert-OH is 1. The van der Waals surface area contributed by atoms with Crippen molar-refractivity contribution in [1.29, 1.82) is 0 Å². The van der Waals surface area contributed by atoms with Crippen molar-refractivity contribution in [3.05, 3.63) is 28.5 Å². The van der Waals surface area contributed by atoms with Crippen LogP contribution in [0.2, 0.25) is 5.15 Å². The number of halogens is 1. The van der Waals surface area contributed by atoms with E-state index < -0.39 is 6.10 Å². The number of amides is 1. The Morgan fingerprint density at radius 2 is 1.93 bits per heavy atom. The number of hydrogen-bond donors (Lipinski definition) is 2. The van der Waals surface area contributed by atoms with Gasteiger partial charge >= 0.3 is 0 Å². The van der Waals surface area contributed by atoms with Crippen LogP contribution in [0.25, 0.3) is 0 Å². The standard InChI is InChI=1S/C24H34ClN3O2/c25-21-10-9-17-22(27-21)20(29)11-12-24(17)15-26-14-18(24)23(30)28-13-5-4-8-19(28)16-6-2-1-3-7-16/h9-10,16,18-20,26,29H,1-8,11-15H2/t18?,19-,20?,24-/m0/s1. The summed E-state index contributed by atoms with van der Waals surface area (Å²) in [5.41, 5.74) is 1.43. The summed E-state index contributed by atoms with van der Waals surface area (Å²) in [6.07, 6.45) is 10.9. The maximum Gasteiger partial charge on any atom is 0.228 e. The van der Waals surface area contributed by atoms with Crippen LogP contribution in [0, 0.1) is 11.8 Å². The van der Waals surface area contributed by atoms with E-state index in [2.05, 4.69) is 15.2 Å². The van der Waals surface area contributed by atoms with Crippen molar-refractivity contribution >= 4 is 17.5 Å². The van der Waals surface area contributed by atoms with Gasteiger partial charge in [-0.05, 0) is 62.5 Å². The molecule has 2 unspecified atom stereocenters. The maximum atomic E-state index is 14.1. The zero-order valence-electron chi connectivity index (χ0n) is 17.8. The molecular formula is C24H34ClN3O2. The smallest absolute Gasteiger partial charge is 0.228 e. The van der Waals surface area contributed by atoms with E-state index in [0.29, 0.717) is 41.7 Å². The first-order valence-electron chi connectivity index (χ1n) is 12.0. The van der Waals surface area contributed by atoms with Crippen molar-refractivity contribution in [2.75, 3.05) is 19.6 Å². The zero-order valence-corrected chi connectivity index (χ0v) is 18.5. The molecule has 6 heteroatoms. The molecule has 2 N–H and O–H groups in total. The Hall–Kier alpha value is -1.17. The van der Waals surface area contributed by atoms with E-state index in [1.54, 1.807) is 0 Å². The third-order valence-corrected chi connectivity index (χ3v) is 8.60. The van der Waals surface area contributed by atoms with Crippen LogP contribution in [0.4, 0.5) is 0 Å². The lowest BCUT2D eigenvalue weighted by atomic mass is 9.64. The molecule has 0 bridgehead atoms. The van der Waals surface area contributed by atoms with Crippen LogP contribution in [-0.2, 0) is 10.2 Å². The molecule has 1 spiro atoms. The zero-order chi connectivity index (χ0) is 20.7. The highest BCUT2D eigenvalue weighted by molar-refractivity contribution is 6.29. The summed E-state index contributed by atoms with van der Waals surface area (Å²) in [5.74, 6) is 0.915. The monoisotopic (exact) mass is 431 g/mol. The van der Waals surface area contributed by atoms with Crippen LogP contribution in [-0.4, -0.2) is 46.6 Å². The molecule has 5 nitrogen and oxygen atoms in total. The second-order valence-corrected chi connectivity index (χ2v) is 10.3. The summed E-state index contributed by atoms with van der Waals surface area (Å²) in [7, 11) is 0. The predicted molar refractivity (Wildman–Crippen MR) is 117 cm³/mol. The van der Waals surface area contributed by atoms with Crippen LogP contribution < -0.4 is 5.32 Å². The molecule has 0 aromatic carbocycles. The Labute approximate surface area is 184 Å². The minimum absolute atomic E-state index is 0.0871. The van der Waals surface area contributed by atoms with Crippen LogP contribution in [0.5, 0.6) is 0 Å². The average molecular weight is 432 g/mol. The summed E-state index contributed by atoms with van der Waals surface area (Å²) < 4.78 is 0. The SMILES string of the molecule is O=C(C1CNC[C@]12CCC(O)c1nc(Cl)ccc12)N1CCCC[C@H]1C1CCCCC1. The van der Waals surface area contributed by atoms with E-state index in [9.17, 15) is 9.90 Å². The molecule has 3 heterocycles. The Balaban J connectivity index is 1.46. The highest BCUT2D eigenvalue weighted by Gasteiger charge is 2.53. The molecule has 1 saturated carbocycles. The van der Waals surface area contributed by atoms with E-state index in [1.807, 2.05) is 12.1 Å². The number of rotatable bonds is 2. The molecule has 5 rings (SSSR count). The van der Waals surface area contributed by atoms with Gasteiger partial charge in [0.2, 0.25) is 5.91 Å². The van der Waals surface area contributed by atoms with E-state index in [-0.39, 0.29) is 11.3 Å². The number of nitrogens with one attached hydrogen (secondary N) is 1. The summed E-state index contributed by atoms with van der Waals surface area (Å²) in [4.78, 5) is 20.8. The molecule has 0 radical (unpaired) electrons. The average Bonchev–Trinajstić information content (AvgIpc) is 3.21.